The molecule has 0 unspecified atom stereocenters. The van der Waals surface area contributed by atoms with Gasteiger partial charge in [0, 0.05) is 11.0 Å². The van der Waals surface area contributed by atoms with Gasteiger partial charge in [-0.15, -0.1) is 11.8 Å². The average Bonchev–Trinajstić information content (AvgIpc) is 2.47. The van der Waals surface area contributed by atoms with E-state index < -0.39 is 29.3 Å². The first-order valence-electron chi connectivity index (χ1n) is 6.30. The number of amides is 1. The molecular weight excluding hydrogens is 337 g/mol. The Labute approximate surface area is 132 Å². The van der Waals surface area contributed by atoms with E-state index in [1.54, 1.807) is 0 Å². The lowest BCUT2D eigenvalue weighted by molar-refractivity contribution is -0.137. The topological polar surface area (TPSA) is 29.1 Å². The van der Waals surface area contributed by atoms with Gasteiger partial charge in [0.1, 0.15) is 11.6 Å². The second-order valence-corrected chi connectivity index (χ2v) is 5.54. The van der Waals surface area contributed by atoms with Crippen LogP contribution in [0.25, 0.3) is 0 Å². The van der Waals surface area contributed by atoms with Gasteiger partial charge in [0.05, 0.1) is 17.0 Å². The van der Waals surface area contributed by atoms with Crippen LogP contribution in [0.1, 0.15) is 5.56 Å². The standard InChI is InChI=1S/C15H10F5NOS/c16-10-4-5-13(12(17)7-10)21-14(22)8-23-11-3-1-2-9(6-11)15(18,19)20/h1-7H,8H2,(H,21,22). The Hall–Kier alpha value is -2.09. The summed E-state index contributed by atoms with van der Waals surface area (Å²) in [4.78, 5) is 11.9. The minimum Gasteiger partial charge on any atom is -0.323 e. The number of carbonyl (C=O) groups is 1. The van der Waals surface area contributed by atoms with E-state index in [9.17, 15) is 26.7 Å². The molecule has 2 aromatic carbocycles. The van der Waals surface area contributed by atoms with E-state index in [-0.39, 0.29) is 16.3 Å². The van der Waals surface area contributed by atoms with E-state index in [0.717, 1.165) is 36.0 Å². The zero-order valence-corrected chi connectivity index (χ0v) is 12.3. The van der Waals surface area contributed by atoms with Crippen LogP contribution in [0.4, 0.5) is 27.6 Å². The molecule has 0 radical (unpaired) electrons. The van der Waals surface area contributed by atoms with Gasteiger partial charge in [-0.2, -0.15) is 13.2 Å². The van der Waals surface area contributed by atoms with Crippen LogP contribution in [0.5, 0.6) is 0 Å². The fraction of sp³-hybridized carbons (Fsp3) is 0.133. The summed E-state index contributed by atoms with van der Waals surface area (Å²) in [7, 11) is 0. The summed E-state index contributed by atoms with van der Waals surface area (Å²) >= 11 is 0.878. The highest BCUT2D eigenvalue weighted by Crippen LogP contribution is 2.31. The minimum absolute atomic E-state index is 0.193. The molecule has 0 atom stereocenters. The monoisotopic (exact) mass is 347 g/mol. The third-order valence-corrected chi connectivity index (χ3v) is 3.73. The first kappa shape index (κ1) is 17.3. The SMILES string of the molecule is O=C(CSc1cccc(C(F)(F)F)c1)Nc1ccc(F)cc1F. The summed E-state index contributed by atoms with van der Waals surface area (Å²) in [6.07, 6.45) is -4.46. The van der Waals surface area contributed by atoms with Crippen molar-refractivity contribution < 1.29 is 26.7 Å². The van der Waals surface area contributed by atoms with E-state index >= 15 is 0 Å². The largest absolute Gasteiger partial charge is 0.416 e. The van der Waals surface area contributed by atoms with Crippen molar-refractivity contribution in [2.45, 2.75) is 11.1 Å². The zero-order chi connectivity index (χ0) is 17.0. The predicted octanol–water partition coefficient (Wildman–Crippen LogP) is 4.71. The van der Waals surface area contributed by atoms with Crippen LogP contribution in [0, 0.1) is 11.6 Å². The molecule has 0 heterocycles. The molecule has 2 rings (SSSR count). The molecule has 1 amide bonds. The molecule has 23 heavy (non-hydrogen) atoms. The maximum atomic E-state index is 13.4. The first-order valence-corrected chi connectivity index (χ1v) is 7.29. The highest BCUT2D eigenvalue weighted by molar-refractivity contribution is 8.00. The maximum Gasteiger partial charge on any atom is 0.416 e. The summed E-state index contributed by atoms with van der Waals surface area (Å²) < 4.78 is 63.8. The lowest BCUT2D eigenvalue weighted by atomic mass is 10.2. The Morgan fingerprint density at radius 3 is 2.48 bits per heavy atom. The van der Waals surface area contributed by atoms with Crippen molar-refractivity contribution in [3.05, 3.63) is 59.7 Å². The molecule has 0 aliphatic heterocycles. The second-order valence-electron chi connectivity index (χ2n) is 4.49. The number of anilines is 1. The van der Waals surface area contributed by atoms with Gasteiger partial charge in [-0.3, -0.25) is 4.79 Å². The minimum atomic E-state index is -4.46. The smallest absolute Gasteiger partial charge is 0.323 e. The fourth-order valence-corrected chi connectivity index (χ4v) is 2.44. The molecule has 0 spiro atoms. The Kier molecular flexibility index (Phi) is 5.25. The molecule has 122 valence electrons. The van der Waals surface area contributed by atoms with E-state index in [1.807, 2.05) is 0 Å². The number of hydrogen-bond donors (Lipinski definition) is 1. The molecule has 8 heteroatoms. The van der Waals surface area contributed by atoms with Crippen LogP contribution >= 0.6 is 11.8 Å². The summed E-state index contributed by atoms with van der Waals surface area (Å²) in [5.74, 6) is -2.53. The van der Waals surface area contributed by atoms with Gasteiger partial charge in [-0.05, 0) is 30.3 Å². The average molecular weight is 347 g/mol. The van der Waals surface area contributed by atoms with Gasteiger partial charge >= 0.3 is 6.18 Å². The van der Waals surface area contributed by atoms with E-state index in [2.05, 4.69) is 5.32 Å². The van der Waals surface area contributed by atoms with Gasteiger partial charge in [-0.25, -0.2) is 8.78 Å². The molecular formula is C15H10F5NOS. The third kappa shape index (κ3) is 4.95. The van der Waals surface area contributed by atoms with Crippen LogP contribution in [0.3, 0.4) is 0 Å². The predicted molar refractivity (Wildman–Crippen MR) is 77.2 cm³/mol. The number of halogens is 5. The van der Waals surface area contributed by atoms with E-state index in [1.165, 1.54) is 12.1 Å². The van der Waals surface area contributed by atoms with Gasteiger partial charge in [-0.1, -0.05) is 6.07 Å². The highest BCUT2D eigenvalue weighted by Gasteiger charge is 2.30. The number of hydrogen-bond acceptors (Lipinski definition) is 2. The molecule has 1 N–H and O–H groups in total. The van der Waals surface area contributed by atoms with E-state index in [4.69, 9.17) is 0 Å². The Morgan fingerprint density at radius 1 is 1.09 bits per heavy atom. The molecule has 0 saturated heterocycles. The lowest BCUT2D eigenvalue weighted by Gasteiger charge is -2.09. The normalized spacial score (nSPS) is 11.3. The molecule has 0 bridgehead atoms. The molecule has 0 aliphatic rings. The van der Waals surface area contributed by atoms with Crippen LogP contribution < -0.4 is 5.32 Å². The van der Waals surface area contributed by atoms with Crippen LogP contribution in [-0.2, 0) is 11.0 Å². The third-order valence-electron chi connectivity index (χ3n) is 2.74. The van der Waals surface area contributed by atoms with Crippen LogP contribution in [-0.4, -0.2) is 11.7 Å². The number of alkyl halides is 3. The Balaban J connectivity index is 1.97. The molecule has 2 nitrogen and oxygen atoms in total. The lowest BCUT2D eigenvalue weighted by Crippen LogP contribution is -2.15. The van der Waals surface area contributed by atoms with Crippen molar-refractivity contribution in [1.82, 2.24) is 0 Å². The zero-order valence-electron chi connectivity index (χ0n) is 11.5. The van der Waals surface area contributed by atoms with Crippen LogP contribution in [0.15, 0.2) is 47.4 Å². The van der Waals surface area contributed by atoms with Gasteiger partial charge in [0.2, 0.25) is 5.91 Å². The Bertz CT molecular complexity index is 717. The van der Waals surface area contributed by atoms with Crippen molar-refractivity contribution in [1.29, 1.82) is 0 Å². The number of thioether (sulfide) groups is 1. The van der Waals surface area contributed by atoms with Crippen molar-refractivity contribution in [3.8, 4) is 0 Å². The molecule has 0 aliphatic carbocycles. The van der Waals surface area contributed by atoms with Crippen molar-refractivity contribution in [3.63, 3.8) is 0 Å². The van der Waals surface area contributed by atoms with Gasteiger partial charge < -0.3 is 5.32 Å². The summed E-state index contributed by atoms with van der Waals surface area (Å²) in [6.45, 7) is 0. The number of rotatable bonds is 4. The number of nitrogens with one attached hydrogen (secondary N) is 1. The van der Waals surface area contributed by atoms with Gasteiger partial charge in [0.15, 0.2) is 0 Å². The molecule has 0 saturated carbocycles. The summed E-state index contributed by atoms with van der Waals surface area (Å²) in [5, 5.41) is 2.23. The van der Waals surface area contributed by atoms with Crippen molar-refractivity contribution in [2.24, 2.45) is 0 Å². The number of benzene rings is 2. The number of carbonyl (C=O) groups excluding carboxylic acids is 1. The molecule has 0 aromatic heterocycles. The van der Waals surface area contributed by atoms with Crippen molar-refractivity contribution in [2.75, 3.05) is 11.1 Å². The maximum absolute atomic E-state index is 13.4. The first-order chi connectivity index (χ1) is 10.8. The van der Waals surface area contributed by atoms with Gasteiger partial charge in [0.25, 0.3) is 0 Å². The quantitative estimate of drug-likeness (QED) is 0.641. The fourth-order valence-electron chi connectivity index (χ4n) is 1.69. The summed E-state index contributed by atoms with van der Waals surface area (Å²) in [5.41, 5.74) is -1.01. The molecule has 0 fully saturated rings. The van der Waals surface area contributed by atoms with Crippen molar-refractivity contribution >= 4 is 23.4 Å². The highest BCUT2D eigenvalue weighted by atomic mass is 32.2. The Morgan fingerprint density at radius 2 is 1.83 bits per heavy atom. The molecule has 2 aromatic rings. The summed E-state index contributed by atoms with van der Waals surface area (Å²) in [6, 6.07) is 7.20. The van der Waals surface area contributed by atoms with E-state index in [0.29, 0.717) is 6.07 Å². The van der Waals surface area contributed by atoms with Crippen LogP contribution in [0.2, 0.25) is 0 Å². The second kappa shape index (κ2) is 6.99.